The highest BCUT2D eigenvalue weighted by molar-refractivity contribution is 7.86. The minimum atomic E-state index is -4.08. The first-order valence-electron chi connectivity index (χ1n) is 4.92. The van der Waals surface area contributed by atoms with Crippen molar-refractivity contribution in [2.75, 3.05) is 0 Å². The zero-order valence-electron chi connectivity index (χ0n) is 8.38. The highest BCUT2D eigenvalue weighted by Gasteiger charge is 2.38. The van der Waals surface area contributed by atoms with Gasteiger partial charge in [0.25, 0.3) is 10.1 Å². The summed E-state index contributed by atoms with van der Waals surface area (Å²) in [7, 11) is -4.08. The van der Waals surface area contributed by atoms with E-state index in [0.717, 1.165) is 12.4 Å². The number of nitrogens with zero attached hydrogens (tertiary/aromatic N) is 2. The fraction of sp³-hybridized carbons (Fsp3) is 0.556. The van der Waals surface area contributed by atoms with E-state index in [9.17, 15) is 12.8 Å². The molecule has 0 amide bonds. The second-order valence-electron chi connectivity index (χ2n) is 3.85. The Morgan fingerprint density at radius 1 is 1.31 bits per heavy atom. The molecule has 7 heteroatoms. The van der Waals surface area contributed by atoms with Gasteiger partial charge >= 0.3 is 0 Å². The molecule has 1 aromatic heterocycles. The maximum absolute atomic E-state index is 12.6. The van der Waals surface area contributed by atoms with Gasteiger partial charge in [-0.1, -0.05) is 6.42 Å². The number of hydrogen-bond donors (Lipinski definition) is 1. The molecule has 0 spiro atoms. The minimum absolute atomic E-state index is 0.279. The summed E-state index contributed by atoms with van der Waals surface area (Å²) in [4.78, 5) is 7.52. The number of aromatic nitrogens is 2. The molecule has 0 aromatic carbocycles. The van der Waals surface area contributed by atoms with Crippen molar-refractivity contribution < 1.29 is 17.4 Å². The predicted molar refractivity (Wildman–Crippen MR) is 53.9 cm³/mol. The largest absolute Gasteiger partial charge is 0.285 e. The molecule has 1 heterocycles. The van der Waals surface area contributed by atoms with E-state index in [-0.39, 0.29) is 5.82 Å². The molecule has 1 fully saturated rings. The van der Waals surface area contributed by atoms with Crippen LogP contribution < -0.4 is 0 Å². The molecule has 1 saturated carbocycles. The number of rotatable bonds is 2. The van der Waals surface area contributed by atoms with Crippen LogP contribution in [0.5, 0.6) is 0 Å². The Balaban J connectivity index is 2.30. The van der Waals surface area contributed by atoms with Gasteiger partial charge in [0.1, 0.15) is 5.82 Å². The molecule has 0 radical (unpaired) electrons. The van der Waals surface area contributed by atoms with Crippen molar-refractivity contribution in [1.29, 1.82) is 0 Å². The highest BCUT2D eigenvalue weighted by Crippen LogP contribution is 2.36. The first-order chi connectivity index (χ1) is 7.48. The second-order valence-corrected chi connectivity index (χ2v) is 5.49. The van der Waals surface area contributed by atoms with E-state index in [1.807, 2.05) is 0 Å². The first kappa shape index (κ1) is 11.4. The van der Waals surface area contributed by atoms with Crippen LogP contribution in [0, 0.1) is 5.82 Å². The Morgan fingerprint density at radius 2 is 1.94 bits per heavy atom. The summed E-state index contributed by atoms with van der Waals surface area (Å²) >= 11 is 0. The van der Waals surface area contributed by atoms with Gasteiger partial charge in [0.15, 0.2) is 5.82 Å². The van der Waals surface area contributed by atoms with Crippen LogP contribution >= 0.6 is 0 Å². The van der Waals surface area contributed by atoms with Crippen molar-refractivity contribution in [2.45, 2.75) is 30.4 Å². The van der Waals surface area contributed by atoms with E-state index < -0.39 is 27.1 Å². The quantitative estimate of drug-likeness (QED) is 0.791. The van der Waals surface area contributed by atoms with Gasteiger partial charge in [-0.25, -0.2) is 14.4 Å². The van der Waals surface area contributed by atoms with E-state index >= 15 is 0 Å². The molecular formula is C9H11FN2O3S. The van der Waals surface area contributed by atoms with Crippen LogP contribution in [0.15, 0.2) is 12.4 Å². The monoisotopic (exact) mass is 246 g/mol. The molecule has 5 nitrogen and oxygen atoms in total. The fourth-order valence-corrected chi connectivity index (χ4v) is 3.23. The van der Waals surface area contributed by atoms with E-state index in [1.54, 1.807) is 0 Å². The average Bonchev–Trinajstić information content (AvgIpc) is 2.66. The van der Waals surface area contributed by atoms with Gasteiger partial charge in [0, 0.05) is 5.92 Å². The van der Waals surface area contributed by atoms with Crippen molar-refractivity contribution in [3.8, 4) is 0 Å². The normalized spacial score (nSPS) is 25.9. The van der Waals surface area contributed by atoms with Crippen LogP contribution in [0.25, 0.3) is 0 Å². The van der Waals surface area contributed by atoms with E-state index in [2.05, 4.69) is 9.97 Å². The van der Waals surface area contributed by atoms with Crippen LogP contribution in [0.1, 0.15) is 31.0 Å². The van der Waals surface area contributed by atoms with E-state index in [1.165, 1.54) is 0 Å². The minimum Gasteiger partial charge on any atom is -0.285 e. The van der Waals surface area contributed by atoms with Gasteiger partial charge in [-0.15, -0.1) is 0 Å². The van der Waals surface area contributed by atoms with E-state index in [4.69, 9.17) is 4.55 Å². The summed E-state index contributed by atoms with van der Waals surface area (Å²) in [5.41, 5.74) is 0. The zero-order valence-corrected chi connectivity index (χ0v) is 9.19. The molecule has 16 heavy (non-hydrogen) atoms. The van der Waals surface area contributed by atoms with Gasteiger partial charge in [-0.2, -0.15) is 8.42 Å². The van der Waals surface area contributed by atoms with Crippen LogP contribution in [0.4, 0.5) is 4.39 Å². The van der Waals surface area contributed by atoms with Gasteiger partial charge in [-0.05, 0) is 12.8 Å². The molecule has 0 saturated heterocycles. The molecule has 1 N–H and O–H groups in total. The molecule has 88 valence electrons. The number of hydrogen-bond acceptors (Lipinski definition) is 4. The molecule has 2 atom stereocenters. The molecule has 0 aliphatic heterocycles. The van der Waals surface area contributed by atoms with Gasteiger partial charge < -0.3 is 0 Å². The fourth-order valence-electron chi connectivity index (χ4n) is 2.09. The molecule has 2 rings (SSSR count). The number of halogens is 1. The maximum atomic E-state index is 12.6. The predicted octanol–water partition coefficient (Wildman–Crippen LogP) is 1.14. The molecular weight excluding hydrogens is 235 g/mol. The smallest absolute Gasteiger partial charge is 0.268 e. The van der Waals surface area contributed by atoms with Crippen molar-refractivity contribution in [2.24, 2.45) is 0 Å². The Labute approximate surface area is 92.5 Å². The summed E-state index contributed by atoms with van der Waals surface area (Å²) in [6, 6.07) is 0. The highest BCUT2D eigenvalue weighted by atomic mass is 32.2. The Bertz CT molecular complexity index is 474. The Morgan fingerprint density at radius 3 is 2.50 bits per heavy atom. The average molecular weight is 246 g/mol. The van der Waals surface area contributed by atoms with Crippen molar-refractivity contribution in [3.63, 3.8) is 0 Å². The third kappa shape index (κ3) is 2.19. The lowest BCUT2D eigenvalue weighted by molar-refractivity contribution is 0.458. The summed E-state index contributed by atoms with van der Waals surface area (Å²) < 4.78 is 43.9. The van der Waals surface area contributed by atoms with Crippen molar-refractivity contribution >= 4 is 10.1 Å². The standard InChI is InChI=1S/C9H11FN2O3S/c10-6-4-11-9(12-5-6)7-2-1-3-8(7)16(13,14)15/h4-5,7-8H,1-3H2,(H,13,14,15)/t7-,8-/m1/s1. The first-order valence-corrected chi connectivity index (χ1v) is 6.42. The summed E-state index contributed by atoms with van der Waals surface area (Å²) in [6.07, 6.45) is 3.68. The summed E-state index contributed by atoms with van der Waals surface area (Å²) in [5, 5.41) is -0.863. The summed E-state index contributed by atoms with van der Waals surface area (Å²) in [6.45, 7) is 0. The van der Waals surface area contributed by atoms with Crippen LogP contribution in [-0.2, 0) is 10.1 Å². The van der Waals surface area contributed by atoms with Gasteiger partial charge in [0.2, 0.25) is 0 Å². The lowest BCUT2D eigenvalue weighted by Crippen LogP contribution is -2.24. The second kappa shape index (κ2) is 4.06. The van der Waals surface area contributed by atoms with Crippen molar-refractivity contribution in [3.05, 3.63) is 24.0 Å². The topological polar surface area (TPSA) is 80.2 Å². The third-order valence-electron chi connectivity index (χ3n) is 2.81. The van der Waals surface area contributed by atoms with Crippen molar-refractivity contribution in [1.82, 2.24) is 9.97 Å². The molecule has 1 aliphatic rings. The van der Waals surface area contributed by atoms with E-state index in [0.29, 0.717) is 19.3 Å². The molecule has 1 aromatic rings. The third-order valence-corrected chi connectivity index (χ3v) is 4.14. The molecule has 0 bridgehead atoms. The Kier molecular flexibility index (Phi) is 2.90. The van der Waals surface area contributed by atoms with Crippen LogP contribution in [0.3, 0.4) is 0 Å². The lowest BCUT2D eigenvalue weighted by atomic mass is 10.1. The van der Waals surface area contributed by atoms with Crippen LogP contribution in [0.2, 0.25) is 0 Å². The van der Waals surface area contributed by atoms with Crippen LogP contribution in [-0.4, -0.2) is 28.2 Å². The molecule has 1 aliphatic carbocycles. The lowest BCUT2D eigenvalue weighted by Gasteiger charge is -2.14. The zero-order chi connectivity index (χ0) is 11.8. The Hall–Kier alpha value is -1.08. The molecule has 0 unspecified atom stereocenters. The van der Waals surface area contributed by atoms with Gasteiger partial charge in [-0.3, -0.25) is 4.55 Å². The van der Waals surface area contributed by atoms with Gasteiger partial charge in [0.05, 0.1) is 17.6 Å². The SMILES string of the molecule is O=S(=O)(O)[C@@H]1CCC[C@H]1c1ncc(F)cn1. The summed E-state index contributed by atoms with van der Waals surface area (Å²) in [5.74, 6) is -0.720. The maximum Gasteiger partial charge on any atom is 0.268 e.